The molecule has 1 fully saturated rings. The van der Waals surface area contributed by atoms with Gasteiger partial charge in [-0.1, -0.05) is 46.3 Å². The highest BCUT2D eigenvalue weighted by molar-refractivity contribution is 9.10. The molecule has 0 radical (unpaired) electrons. The second-order valence-corrected chi connectivity index (χ2v) is 5.63. The van der Waals surface area contributed by atoms with Crippen molar-refractivity contribution >= 4 is 27.5 Å². The summed E-state index contributed by atoms with van der Waals surface area (Å²) in [5, 5.41) is 0. The lowest BCUT2D eigenvalue weighted by molar-refractivity contribution is -0.118. The van der Waals surface area contributed by atoms with Gasteiger partial charge >= 0.3 is 0 Å². The van der Waals surface area contributed by atoms with E-state index in [2.05, 4.69) is 15.9 Å². The van der Waals surface area contributed by atoms with Crippen LogP contribution in [0.15, 0.2) is 59.1 Å². The molecule has 0 N–H and O–H groups in total. The molecule has 0 aromatic heterocycles. The smallest absolute Gasteiger partial charge is 0.234 e. The Morgan fingerprint density at radius 3 is 2.37 bits per heavy atom. The standard InChI is InChI=1S/C16H14BrNO/c17-13-6-8-14(9-7-13)18-11-10-15(16(18)19)12-4-2-1-3-5-12/h1-9,15H,10-11H2. The number of carbonyl (C=O) groups is 1. The molecular formula is C16H14BrNO. The van der Waals surface area contributed by atoms with E-state index in [4.69, 9.17) is 0 Å². The third-order valence-corrected chi connectivity index (χ3v) is 4.07. The predicted molar refractivity (Wildman–Crippen MR) is 80.3 cm³/mol. The number of hydrogen-bond donors (Lipinski definition) is 0. The van der Waals surface area contributed by atoms with Crippen molar-refractivity contribution in [1.29, 1.82) is 0 Å². The Kier molecular flexibility index (Phi) is 3.38. The summed E-state index contributed by atoms with van der Waals surface area (Å²) >= 11 is 3.41. The fraction of sp³-hybridized carbons (Fsp3) is 0.188. The maximum Gasteiger partial charge on any atom is 0.234 e. The van der Waals surface area contributed by atoms with E-state index in [0.29, 0.717) is 0 Å². The average Bonchev–Trinajstić information content (AvgIpc) is 2.83. The Balaban J connectivity index is 1.84. The molecule has 0 saturated carbocycles. The van der Waals surface area contributed by atoms with Gasteiger partial charge in [-0.05, 0) is 36.2 Å². The molecule has 96 valence electrons. The number of hydrogen-bond acceptors (Lipinski definition) is 1. The minimum atomic E-state index is 0.00449. The van der Waals surface area contributed by atoms with Gasteiger partial charge in [0.2, 0.25) is 5.91 Å². The first-order valence-corrected chi connectivity index (χ1v) is 7.17. The van der Waals surface area contributed by atoms with Crippen LogP contribution in [0.1, 0.15) is 17.9 Å². The van der Waals surface area contributed by atoms with Crippen molar-refractivity contribution in [2.75, 3.05) is 11.4 Å². The molecule has 1 saturated heterocycles. The second-order valence-electron chi connectivity index (χ2n) is 4.72. The fourth-order valence-corrected chi connectivity index (χ4v) is 2.82. The molecule has 0 bridgehead atoms. The first-order valence-electron chi connectivity index (χ1n) is 6.37. The van der Waals surface area contributed by atoms with Crippen molar-refractivity contribution < 1.29 is 4.79 Å². The molecule has 0 aliphatic carbocycles. The molecule has 0 spiro atoms. The van der Waals surface area contributed by atoms with Gasteiger partial charge in [-0.2, -0.15) is 0 Å². The maximum absolute atomic E-state index is 12.5. The predicted octanol–water partition coefficient (Wildman–Crippen LogP) is 3.97. The minimum absolute atomic E-state index is 0.00449. The molecule has 2 aromatic carbocycles. The number of benzene rings is 2. The van der Waals surface area contributed by atoms with E-state index in [1.165, 1.54) is 0 Å². The van der Waals surface area contributed by atoms with Crippen molar-refractivity contribution in [3.8, 4) is 0 Å². The molecule has 1 unspecified atom stereocenters. The summed E-state index contributed by atoms with van der Waals surface area (Å²) in [6, 6.07) is 17.9. The second kappa shape index (κ2) is 5.17. The Morgan fingerprint density at radius 1 is 1.00 bits per heavy atom. The van der Waals surface area contributed by atoms with E-state index >= 15 is 0 Å². The van der Waals surface area contributed by atoms with Crippen LogP contribution < -0.4 is 4.90 Å². The van der Waals surface area contributed by atoms with Crippen LogP contribution in [0.2, 0.25) is 0 Å². The van der Waals surface area contributed by atoms with Crippen LogP contribution in [-0.4, -0.2) is 12.5 Å². The lowest BCUT2D eigenvalue weighted by atomic mass is 9.98. The largest absolute Gasteiger partial charge is 0.312 e. The van der Waals surface area contributed by atoms with Gasteiger partial charge in [0.25, 0.3) is 0 Å². The summed E-state index contributed by atoms with van der Waals surface area (Å²) in [4.78, 5) is 14.4. The van der Waals surface area contributed by atoms with E-state index in [1.54, 1.807) is 0 Å². The number of amides is 1. The summed E-state index contributed by atoms with van der Waals surface area (Å²) in [7, 11) is 0. The fourth-order valence-electron chi connectivity index (χ4n) is 2.55. The molecule has 1 aliphatic rings. The van der Waals surface area contributed by atoms with Gasteiger partial charge < -0.3 is 4.90 Å². The number of halogens is 1. The summed E-state index contributed by atoms with van der Waals surface area (Å²) < 4.78 is 1.03. The Morgan fingerprint density at radius 2 is 1.68 bits per heavy atom. The van der Waals surface area contributed by atoms with Crippen molar-refractivity contribution in [1.82, 2.24) is 0 Å². The van der Waals surface area contributed by atoms with Crippen molar-refractivity contribution in [2.24, 2.45) is 0 Å². The number of carbonyl (C=O) groups excluding carboxylic acids is 1. The molecule has 2 nitrogen and oxygen atoms in total. The van der Waals surface area contributed by atoms with Gasteiger partial charge in [-0.15, -0.1) is 0 Å². The number of anilines is 1. The number of nitrogens with zero attached hydrogens (tertiary/aromatic N) is 1. The van der Waals surface area contributed by atoms with Crippen LogP contribution in [0.25, 0.3) is 0 Å². The highest BCUT2D eigenvalue weighted by Gasteiger charge is 2.33. The van der Waals surface area contributed by atoms with Gasteiger partial charge in [0.15, 0.2) is 0 Å². The Hall–Kier alpha value is -1.61. The molecule has 3 rings (SSSR count). The third kappa shape index (κ3) is 2.43. The summed E-state index contributed by atoms with van der Waals surface area (Å²) in [6.45, 7) is 0.792. The Labute approximate surface area is 121 Å². The first-order chi connectivity index (χ1) is 9.25. The maximum atomic E-state index is 12.5. The van der Waals surface area contributed by atoms with Crippen LogP contribution in [0, 0.1) is 0 Å². The van der Waals surface area contributed by atoms with Crippen LogP contribution in [0.4, 0.5) is 5.69 Å². The van der Waals surface area contributed by atoms with E-state index in [-0.39, 0.29) is 11.8 Å². The van der Waals surface area contributed by atoms with Crippen LogP contribution in [0.5, 0.6) is 0 Å². The van der Waals surface area contributed by atoms with Gasteiger partial charge in [0, 0.05) is 16.7 Å². The van der Waals surface area contributed by atoms with Gasteiger partial charge in [0.1, 0.15) is 0 Å². The highest BCUT2D eigenvalue weighted by atomic mass is 79.9. The van der Waals surface area contributed by atoms with Gasteiger partial charge in [0.05, 0.1) is 5.92 Å². The quantitative estimate of drug-likeness (QED) is 0.821. The molecular weight excluding hydrogens is 302 g/mol. The van der Waals surface area contributed by atoms with Crippen molar-refractivity contribution in [2.45, 2.75) is 12.3 Å². The van der Waals surface area contributed by atoms with E-state index in [9.17, 15) is 4.79 Å². The zero-order valence-electron chi connectivity index (χ0n) is 10.4. The average molecular weight is 316 g/mol. The molecule has 1 amide bonds. The monoisotopic (exact) mass is 315 g/mol. The normalized spacial score (nSPS) is 18.9. The number of rotatable bonds is 2. The van der Waals surface area contributed by atoms with Gasteiger partial charge in [-0.3, -0.25) is 4.79 Å². The van der Waals surface area contributed by atoms with Crippen molar-refractivity contribution in [3.63, 3.8) is 0 Å². The Bertz CT molecular complexity index is 579. The van der Waals surface area contributed by atoms with Crippen molar-refractivity contribution in [3.05, 3.63) is 64.6 Å². The van der Waals surface area contributed by atoms with Crippen LogP contribution in [-0.2, 0) is 4.79 Å². The summed E-state index contributed by atoms with van der Waals surface area (Å²) in [5.74, 6) is 0.207. The summed E-state index contributed by atoms with van der Waals surface area (Å²) in [5.41, 5.74) is 2.10. The molecule has 1 heterocycles. The topological polar surface area (TPSA) is 20.3 Å². The molecule has 3 heteroatoms. The third-order valence-electron chi connectivity index (χ3n) is 3.55. The zero-order chi connectivity index (χ0) is 13.2. The van der Waals surface area contributed by atoms with E-state index < -0.39 is 0 Å². The SMILES string of the molecule is O=C1C(c2ccccc2)CCN1c1ccc(Br)cc1. The zero-order valence-corrected chi connectivity index (χ0v) is 12.0. The lowest BCUT2D eigenvalue weighted by Crippen LogP contribution is -2.26. The summed E-state index contributed by atoms with van der Waals surface area (Å²) in [6.07, 6.45) is 0.888. The first kappa shape index (κ1) is 12.4. The molecule has 2 aromatic rings. The molecule has 1 atom stereocenters. The van der Waals surface area contributed by atoms with Crippen LogP contribution >= 0.6 is 15.9 Å². The van der Waals surface area contributed by atoms with E-state index in [1.807, 2.05) is 59.5 Å². The highest BCUT2D eigenvalue weighted by Crippen LogP contribution is 2.32. The van der Waals surface area contributed by atoms with E-state index in [0.717, 1.165) is 28.7 Å². The minimum Gasteiger partial charge on any atom is -0.312 e. The molecule has 1 aliphatic heterocycles. The van der Waals surface area contributed by atoms with Crippen LogP contribution in [0.3, 0.4) is 0 Å². The molecule has 19 heavy (non-hydrogen) atoms. The lowest BCUT2D eigenvalue weighted by Gasteiger charge is -2.17. The van der Waals surface area contributed by atoms with Gasteiger partial charge in [-0.25, -0.2) is 0 Å².